The fourth-order valence-electron chi connectivity index (χ4n) is 7.91. The number of aliphatic hydroxyl groups excluding tert-OH is 3. The summed E-state index contributed by atoms with van der Waals surface area (Å²) in [6.45, 7) is 13.5. The first-order valence-corrected chi connectivity index (χ1v) is 19.9. The van der Waals surface area contributed by atoms with E-state index in [-0.39, 0.29) is 38.1 Å². The number of aliphatic hydroxyl groups is 4. The van der Waals surface area contributed by atoms with Crippen LogP contribution in [0.4, 0.5) is 0 Å². The number of amides is 1. The summed E-state index contributed by atoms with van der Waals surface area (Å²) in [5, 5.41) is 51.5. The van der Waals surface area contributed by atoms with E-state index in [1.54, 1.807) is 27.7 Å². The Kier molecular flexibility index (Phi) is 17.7. The van der Waals surface area contributed by atoms with Crippen LogP contribution in [0, 0.1) is 17.8 Å². The zero-order valence-corrected chi connectivity index (χ0v) is 34.6. The largest absolute Gasteiger partial charge is 0.459 e. The van der Waals surface area contributed by atoms with E-state index < -0.39 is 89.5 Å². The lowest BCUT2D eigenvalue weighted by Gasteiger charge is -2.47. The van der Waals surface area contributed by atoms with Crippen LogP contribution < -0.4 is 10.6 Å². The molecule has 14 atom stereocenters. The average molecular weight is 780 g/mol. The highest BCUT2D eigenvalue weighted by Crippen LogP contribution is 2.36. The molecule has 0 aliphatic carbocycles. The highest BCUT2D eigenvalue weighted by molar-refractivity contribution is 6.00. The lowest BCUT2D eigenvalue weighted by molar-refractivity contribution is -0.298. The molecule has 55 heavy (non-hydrogen) atoms. The molecule has 0 spiro atoms. The van der Waals surface area contributed by atoms with Crippen LogP contribution in [-0.4, -0.2) is 143 Å². The minimum atomic E-state index is -2.03. The lowest BCUT2D eigenvalue weighted by Crippen LogP contribution is -2.60. The Morgan fingerprint density at radius 1 is 1.04 bits per heavy atom. The van der Waals surface area contributed by atoms with Gasteiger partial charge in [-0.25, -0.2) is 0 Å². The van der Waals surface area contributed by atoms with Gasteiger partial charge in [-0.05, 0) is 92.9 Å². The van der Waals surface area contributed by atoms with Crippen molar-refractivity contribution >= 4 is 17.7 Å². The second-order valence-corrected chi connectivity index (χ2v) is 16.5. The number of ketones is 1. The third kappa shape index (κ3) is 12.5. The van der Waals surface area contributed by atoms with Crippen LogP contribution in [0.1, 0.15) is 86.6 Å². The number of carbonyl (C=O) groups is 3. The Balaban J connectivity index is 1.99. The van der Waals surface area contributed by atoms with E-state index in [1.807, 2.05) is 44.1 Å². The number of esters is 1. The van der Waals surface area contributed by atoms with E-state index in [9.17, 15) is 34.8 Å². The Morgan fingerprint density at radius 2 is 1.69 bits per heavy atom. The molecule has 2 heterocycles. The van der Waals surface area contributed by atoms with E-state index in [2.05, 4.69) is 22.8 Å². The zero-order valence-electron chi connectivity index (χ0n) is 34.6. The highest BCUT2D eigenvalue weighted by Gasteiger charge is 2.51. The van der Waals surface area contributed by atoms with Gasteiger partial charge in [0.05, 0.1) is 42.5 Å². The number of aryl methyl sites for hydroxylation is 1. The predicted molar refractivity (Wildman–Crippen MR) is 207 cm³/mol. The highest BCUT2D eigenvalue weighted by atomic mass is 16.7. The summed E-state index contributed by atoms with van der Waals surface area (Å²) in [5.74, 6) is -5.56. The maximum Gasteiger partial charge on any atom is 0.316 e. The van der Waals surface area contributed by atoms with Gasteiger partial charge in [0.25, 0.3) is 0 Å². The van der Waals surface area contributed by atoms with Crippen LogP contribution in [-0.2, 0) is 39.8 Å². The molecule has 0 bridgehead atoms. The molecular formula is C41H69N3O11. The van der Waals surface area contributed by atoms with Crippen molar-refractivity contribution in [2.24, 2.45) is 17.8 Å². The van der Waals surface area contributed by atoms with Gasteiger partial charge in [0.1, 0.15) is 23.7 Å². The van der Waals surface area contributed by atoms with Crippen molar-refractivity contribution < 1.29 is 53.8 Å². The van der Waals surface area contributed by atoms with Gasteiger partial charge in [-0.15, -0.1) is 0 Å². The summed E-state index contributed by atoms with van der Waals surface area (Å²) in [7, 11) is 3.69. The fraction of sp³-hybridized carbons (Fsp3) is 0.780. The Labute approximate surface area is 327 Å². The van der Waals surface area contributed by atoms with Gasteiger partial charge < -0.3 is 54.9 Å². The molecule has 0 saturated carbocycles. The van der Waals surface area contributed by atoms with E-state index in [0.29, 0.717) is 13.0 Å². The molecule has 2 aliphatic rings. The van der Waals surface area contributed by atoms with E-state index in [4.69, 9.17) is 18.9 Å². The predicted octanol–water partition coefficient (Wildman–Crippen LogP) is 1.98. The van der Waals surface area contributed by atoms with Gasteiger partial charge in [-0.3, -0.25) is 14.4 Å². The second kappa shape index (κ2) is 20.8. The molecule has 2 fully saturated rings. The second-order valence-electron chi connectivity index (χ2n) is 16.5. The Hall–Kier alpha value is -2.53. The molecule has 2 aliphatic heterocycles. The van der Waals surface area contributed by atoms with Crippen LogP contribution in [0.15, 0.2) is 30.3 Å². The molecule has 3 rings (SSSR count). The van der Waals surface area contributed by atoms with Crippen molar-refractivity contribution in [2.75, 3.05) is 33.8 Å². The number of nitrogens with zero attached hydrogens (tertiary/aromatic N) is 1. The van der Waals surface area contributed by atoms with Crippen LogP contribution in [0.3, 0.4) is 0 Å². The van der Waals surface area contributed by atoms with Gasteiger partial charge in [-0.2, -0.15) is 0 Å². The summed E-state index contributed by atoms with van der Waals surface area (Å²) in [6.07, 6.45) is -5.20. The number of benzene rings is 1. The first-order valence-electron chi connectivity index (χ1n) is 19.9. The molecule has 0 aromatic heterocycles. The normalized spacial score (nSPS) is 37.8. The van der Waals surface area contributed by atoms with Gasteiger partial charge in [0.15, 0.2) is 12.1 Å². The average Bonchev–Trinajstić information content (AvgIpc) is 3.14. The van der Waals surface area contributed by atoms with Crippen molar-refractivity contribution in [3.8, 4) is 0 Å². The van der Waals surface area contributed by atoms with Crippen molar-refractivity contribution in [3.63, 3.8) is 0 Å². The topological polar surface area (TPSA) is 196 Å². The summed E-state index contributed by atoms with van der Waals surface area (Å²) in [6, 6.07) is 9.14. The number of cyclic esters (lactones) is 1. The lowest BCUT2D eigenvalue weighted by atomic mass is 9.79. The smallest absolute Gasteiger partial charge is 0.316 e. The van der Waals surface area contributed by atoms with E-state index in [1.165, 1.54) is 26.3 Å². The summed E-state index contributed by atoms with van der Waals surface area (Å²) in [4.78, 5) is 43.4. The molecule has 6 N–H and O–H groups in total. The molecule has 14 nitrogen and oxygen atoms in total. The van der Waals surface area contributed by atoms with Crippen molar-refractivity contribution in [1.82, 2.24) is 15.5 Å². The van der Waals surface area contributed by atoms with Crippen molar-refractivity contribution in [3.05, 3.63) is 35.9 Å². The monoisotopic (exact) mass is 779 g/mol. The summed E-state index contributed by atoms with van der Waals surface area (Å²) >= 11 is 0. The number of nitrogens with one attached hydrogen (secondary N) is 2. The van der Waals surface area contributed by atoms with Gasteiger partial charge >= 0.3 is 5.97 Å². The molecule has 314 valence electrons. The number of rotatable bonds is 13. The number of hydrogen-bond donors (Lipinski definition) is 6. The minimum Gasteiger partial charge on any atom is -0.459 e. The van der Waals surface area contributed by atoms with Crippen molar-refractivity contribution in [2.45, 2.75) is 154 Å². The van der Waals surface area contributed by atoms with Crippen LogP contribution >= 0.6 is 0 Å². The van der Waals surface area contributed by atoms with Crippen LogP contribution in [0.25, 0.3) is 0 Å². The van der Waals surface area contributed by atoms with E-state index >= 15 is 0 Å². The van der Waals surface area contributed by atoms with Crippen LogP contribution in [0.5, 0.6) is 0 Å². The summed E-state index contributed by atoms with van der Waals surface area (Å²) < 4.78 is 25.0. The number of carbonyl (C=O) groups excluding carboxylic acids is 3. The minimum absolute atomic E-state index is 0.0450. The van der Waals surface area contributed by atoms with E-state index in [0.717, 1.165) is 12.8 Å². The third-order valence-corrected chi connectivity index (χ3v) is 11.4. The molecule has 1 amide bonds. The molecule has 1 aromatic rings. The molecule has 14 heteroatoms. The number of ether oxygens (including phenoxy) is 4. The molecule has 2 saturated heterocycles. The maximum atomic E-state index is 14.3. The molecule has 1 aromatic carbocycles. The summed E-state index contributed by atoms with van der Waals surface area (Å²) in [5.41, 5.74) is -2.24. The Bertz CT molecular complexity index is 1370. The SMILES string of the molecule is CC[C@H]1OC(=O)[C@H](C)C(=O)[C@H](C)[C@@H](O[C@@H]2O[C@H](C)C[C@H](N(C)C)[C@H]2O)[C@](C)(OC[C@@H](O)CNCCCc2ccccc2)C[C@@H](C)NC(=O)[C@H](C)[C@@H](O)[C@]1(C)O. The van der Waals surface area contributed by atoms with Gasteiger partial charge in [0.2, 0.25) is 5.91 Å². The maximum absolute atomic E-state index is 14.3. The van der Waals surface area contributed by atoms with Crippen LogP contribution in [0.2, 0.25) is 0 Å². The third-order valence-electron chi connectivity index (χ3n) is 11.4. The molecule has 0 radical (unpaired) electrons. The van der Waals surface area contributed by atoms with Crippen molar-refractivity contribution in [1.29, 1.82) is 0 Å². The zero-order chi connectivity index (χ0) is 41.2. The fourth-order valence-corrected chi connectivity index (χ4v) is 7.91. The Morgan fingerprint density at radius 3 is 2.31 bits per heavy atom. The quantitative estimate of drug-likeness (QED) is 0.0968. The first kappa shape index (κ1) is 46.8. The van der Waals surface area contributed by atoms with Gasteiger partial charge in [0, 0.05) is 24.5 Å². The number of likely N-dealkylation sites (N-methyl/N-ethyl adjacent to an activating group) is 1. The molecule has 0 unspecified atom stereocenters. The molecular weight excluding hydrogens is 710 g/mol. The van der Waals surface area contributed by atoms with Gasteiger partial charge in [-0.1, -0.05) is 51.1 Å². The first-order chi connectivity index (χ1) is 25.7. The number of hydrogen-bond acceptors (Lipinski definition) is 13. The number of Topliss-reactive ketones (excluding diaryl/α,β-unsaturated/α-hetero) is 1. The standard InChI is InChI=1S/C41H69N3O11/c1-11-32-41(8,51)35(48)28(6)37(49)43-24(2)21-40(7,52-23-30(45)22-42-19-15-18-29-16-13-12-14-17-29)36(26(4)33(46)27(5)38(50)54-32)55-39-34(47)31(44(9)10)20-25(3)53-39/h12-14,16-17,24-28,30-32,34-36,39,42,45,47-48,51H,11,15,18-23H2,1-10H3,(H,43,49)/t24-,25-,26+,27-,28-,30+,31+,32-,34-,35-,36-,39+,40-,41-/m1/s1.